The number of unbranched alkanes of at least 4 members (excludes halogenated alkanes) is 9. The van der Waals surface area contributed by atoms with Crippen LogP contribution in [0.5, 0.6) is 0 Å². The van der Waals surface area contributed by atoms with Crippen LogP contribution in [0, 0.1) is 46.3 Å². The van der Waals surface area contributed by atoms with E-state index in [0.29, 0.717) is 61.3 Å². The lowest BCUT2D eigenvalue weighted by Crippen LogP contribution is -2.68. The highest BCUT2D eigenvalue weighted by atomic mass is 16.8. The number of nitrogens with one attached hydrogen (secondary N) is 1. The standard InChI is InChI=1S/C71H113NO23/c1-14-15-16-17-18-19-20-21-22-23-35-72-69(81)84-37-55-58(80)61(94-66-63(89-47(10)78)60(87-45(8)76)56(39-83-66)85-43(6)74)64(95-68-65(90-48(11)79)62(88-46(9)77)59(86-44(7)75)57(93-68)38-82-42(5)73)67(92-55)91-50-31-33-70(12)49(36-50)27-28-51-53-30-29-52(41(4)26-24-25-40(2)3)71(53,13)34-32-54(51)70/h27,40-41,50-68,80H,14-26,28-39H2,1-13H3,(H,72,81)/t41-,50+,51+,52-,53+,54+,55-,56-,57-,58-,59+,60+,61+,62+,63-,64-,65-,66+,67-,68+,70+,71-/m1/s1. The van der Waals surface area contributed by atoms with Crippen LogP contribution in [0.15, 0.2) is 11.6 Å². The van der Waals surface area contributed by atoms with Gasteiger partial charge < -0.3 is 76.7 Å². The topological polar surface area (TPSA) is 298 Å². The van der Waals surface area contributed by atoms with E-state index in [4.69, 9.17) is 66.3 Å². The zero-order chi connectivity index (χ0) is 69.3. The van der Waals surface area contributed by atoms with Crippen molar-refractivity contribution in [3.63, 3.8) is 0 Å². The zero-order valence-corrected chi connectivity index (χ0v) is 58.8. The molecule has 540 valence electrons. The molecule has 0 aromatic heterocycles. The first-order valence-corrected chi connectivity index (χ1v) is 35.5. The van der Waals surface area contributed by atoms with Gasteiger partial charge in [0.15, 0.2) is 55.5 Å². The van der Waals surface area contributed by atoms with Crippen molar-refractivity contribution in [3.05, 3.63) is 11.6 Å². The number of rotatable bonds is 32. The molecule has 0 aromatic carbocycles. The van der Waals surface area contributed by atoms with Gasteiger partial charge in [-0.1, -0.05) is 130 Å². The number of hydrogen-bond donors (Lipinski definition) is 2. The summed E-state index contributed by atoms with van der Waals surface area (Å²) in [6.07, 6.45) is -0.120. The number of carbonyl (C=O) groups is 8. The van der Waals surface area contributed by atoms with Crippen LogP contribution in [-0.4, -0.2) is 171 Å². The second kappa shape index (κ2) is 36.2. The van der Waals surface area contributed by atoms with Gasteiger partial charge in [0.05, 0.1) is 12.7 Å². The highest BCUT2D eigenvalue weighted by molar-refractivity contribution is 5.70. The second-order valence-corrected chi connectivity index (χ2v) is 28.8. The van der Waals surface area contributed by atoms with Crippen LogP contribution in [-0.2, 0) is 99.9 Å². The first-order valence-electron chi connectivity index (χ1n) is 35.5. The molecule has 0 unspecified atom stereocenters. The van der Waals surface area contributed by atoms with Crippen molar-refractivity contribution in [2.75, 3.05) is 26.4 Å². The van der Waals surface area contributed by atoms with Gasteiger partial charge in [-0.25, -0.2) is 4.79 Å². The Morgan fingerprint density at radius 1 is 0.558 bits per heavy atom. The van der Waals surface area contributed by atoms with Gasteiger partial charge in [0.1, 0.15) is 43.7 Å². The molecule has 3 aliphatic heterocycles. The first kappa shape index (κ1) is 77.4. The van der Waals surface area contributed by atoms with Crippen molar-refractivity contribution in [1.82, 2.24) is 5.32 Å². The van der Waals surface area contributed by atoms with Crippen LogP contribution in [0.2, 0.25) is 0 Å². The fourth-order valence-electron chi connectivity index (χ4n) is 16.8. The molecule has 4 aliphatic carbocycles. The van der Waals surface area contributed by atoms with Gasteiger partial charge in [0.25, 0.3) is 0 Å². The molecule has 22 atom stereocenters. The molecular formula is C71H113NO23. The Kier molecular flexibility index (Phi) is 29.5. The lowest BCUT2D eigenvalue weighted by Gasteiger charge is -2.58. The van der Waals surface area contributed by atoms with Gasteiger partial charge in [0, 0.05) is 55.0 Å². The van der Waals surface area contributed by atoms with E-state index in [-0.39, 0.29) is 10.8 Å². The molecule has 0 aromatic rings. The van der Waals surface area contributed by atoms with Crippen LogP contribution in [0.1, 0.15) is 225 Å². The zero-order valence-electron chi connectivity index (χ0n) is 58.8. The van der Waals surface area contributed by atoms with E-state index in [0.717, 1.165) is 93.4 Å². The summed E-state index contributed by atoms with van der Waals surface area (Å²) in [5.74, 6) is -2.36. The minimum Gasteiger partial charge on any atom is -0.463 e. The summed E-state index contributed by atoms with van der Waals surface area (Å²) in [6.45, 7) is 20.6. The van der Waals surface area contributed by atoms with E-state index in [1.54, 1.807) is 0 Å². The fraction of sp³-hybridized carbons (Fsp3) is 0.859. The number of aliphatic hydroxyl groups is 1. The van der Waals surface area contributed by atoms with E-state index in [1.165, 1.54) is 76.2 Å². The maximum atomic E-state index is 13.6. The van der Waals surface area contributed by atoms with Crippen molar-refractivity contribution in [1.29, 1.82) is 0 Å². The molecule has 24 heteroatoms. The lowest BCUT2D eigenvalue weighted by molar-refractivity contribution is -0.391. The van der Waals surface area contributed by atoms with Crippen LogP contribution in [0.25, 0.3) is 0 Å². The van der Waals surface area contributed by atoms with E-state index in [1.807, 2.05) is 0 Å². The first-order chi connectivity index (χ1) is 45.1. The monoisotopic (exact) mass is 1350 g/mol. The number of aliphatic hydroxyl groups excluding tert-OH is 1. The summed E-state index contributed by atoms with van der Waals surface area (Å²) in [5.41, 5.74) is 1.38. The number of hydrogen-bond acceptors (Lipinski definition) is 23. The Morgan fingerprint density at radius 3 is 1.74 bits per heavy atom. The number of esters is 7. The quantitative estimate of drug-likeness (QED) is 0.0274. The summed E-state index contributed by atoms with van der Waals surface area (Å²) in [4.78, 5) is 103. The van der Waals surface area contributed by atoms with Gasteiger partial charge in [-0.3, -0.25) is 33.6 Å². The van der Waals surface area contributed by atoms with E-state index in [9.17, 15) is 43.5 Å². The van der Waals surface area contributed by atoms with Gasteiger partial charge in [-0.2, -0.15) is 0 Å². The van der Waals surface area contributed by atoms with E-state index >= 15 is 0 Å². The molecule has 6 fully saturated rings. The van der Waals surface area contributed by atoms with Gasteiger partial charge in [-0.05, 0) is 104 Å². The van der Waals surface area contributed by atoms with Crippen LogP contribution in [0.3, 0.4) is 0 Å². The molecule has 0 bridgehead atoms. The molecular weight excluding hydrogens is 1230 g/mol. The lowest BCUT2D eigenvalue weighted by atomic mass is 9.47. The Hall–Kier alpha value is -4.98. The number of ether oxygens (including phenoxy) is 14. The third-order valence-electron chi connectivity index (χ3n) is 21.2. The molecule has 3 saturated heterocycles. The van der Waals surface area contributed by atoms with Gasteiger partial charge in [-0.15, -0.1) is 0 Å². The maximum Gasteiger partial charge on any atom is 0.407 e. The van der Waals surface area contributed by atoms with Gasteiger partial charge >= 0.3 is 47.9 Å². The fourth-order valence-corrected chi connectivity index (χ4v) is 16.8. The highest BCUT2D eigenvalue weighted by Crippen LogP contribution is 2.67. The molecule has 0 spiro atoms. The number of carbonyl (C=O) groups excluding carboxylic acids is 8. The van der Waals surface area contributed by atoms with Crippen LogP contribution in [0.4, 0.5) is 4.79 Å². The van der Waals surface area contributed by atoms with Crippen molar-refractivity contribution in [2.24, 2.45) is 46.3 Å². The summed E-state index contributed by atoms with van der Waals surface area (Å²) in [7, 11) is 0. The second-order valence-electron chi connectivity index (χ2n) is 28.8. The Labute approximate surface area is 562 Å². The SMILES string of the molecule is CCCCCCCCCCCCNC(=O)OC[C@H]1O[C@@H](O[C@H]2CC[C@@]3(C)C(=CC[C@H]4[C@@H]5CC[C@H]([C@H](C)CCCC(C)C)[C@@]5(C)CC[C@@H]43)C2)[C@H](O[C@@H]2O[C@H](COC(C)=O)[C@H](OC(C)=O)[C@H](OC(C)=O)[C@H]2OC(C)=O)[C@@H](O[C@@H]2OC[C@@H](OC(C)=O)[C@H](OC(C)=O)[C@H]2OC(C)=O)[C@@H]1O. The summed E-state index contributed by atoms with van der Waals surface area (Å²) < 4.78 is 85.9. The third kappa shape index (κ3) is 21.0. The molecule has 3 heterocycles. The molecule has 1 amide bonds. The van der Waals surface area contributed by atoms with Crippen LogP contribution < -0.4 is 5.32 Å². The van der Waals surface area contributed by atoms with E-state index in [2.05, 4.69) is 52.9 Å². The summed E-state index contributed by atoms with van der Waals surface area (Å²) >= 11 is 0. The Balaban J connectivity index is 1.25. The average molecular weight is 1350 g/mol. The molecule has 7 rings (SSSR count). The molecule has 95 heavy (non-hydrogen) atoms. The number of alkyl carbamates (subject to hydrolysis) is 1. The maximum absolute atomic E-state index is 13.6. The Bertz CT molecular complexity index is 2580. The van der Waals surface area contributed by atoms with Gasteiger partial charge in [0.2, 0.25) is 0 Å². The number of amides is 1. The molecule has 2 N–H and O–H groups in total. The molecule has 7 aliphatic rings. The van der Waals surface area contributed by atoms with Crippen molar-refractivity contribution in [2.45, 2.75) is 317 Å². The average Bonchev–Trinajstić information content (AvgIpc) is 1.69. The normalized spacial score (nSPS) is 35.4. The van der Waals surface area contributed by atoms with Crippen molar-refractivity contribution < 1.29 is 110 Å². The minimum absolute atomic E-state index is 0.144. The summed E-state index contributed by atoms with van der Waals surface area (Å²) in [5, 5.41) is 15.7. The van der Waals surface area contributed by atoms with Crippen molar-refractivity contribution >= 4 is 47.9 Å². The summed E-state index contributed by atoms with van der Waals surface area (Å²) in [6, 6.07) is 0. The Morgan fingerprint density at radius 2 is 1.12 bits per heavy atom. The number of allylic oxidation sites excluding steroid dienone is 1. The van der Waals surface area contributed by atoms with Crippen molar-refractivity contribution in [3.8, 4) is 0 Å². The minimum atomic E-state index is -1.90. The van der Waals surface area contributed by atoms with Crippen LogP contribution >= 0.6 is 0 Å². The molecule has 0 radical (unpaired) electrons. The predicted octanol–water partition coefficient (Wildman–Crippen LogP) is 10.2. The molecule has 24 nitrogen and oxygen atoms in total. The largest absolute Gasteiger partial charge is 0.463 e. The van der Waals surface area contributed by atoms with E-state index < -0.39 is 160 Å². The smallest absolute Gasteiger partial charge is 0.407 e. The highest BCUT2D eigenvalue weighted by Gasteiger charge is 2.62. The predicted molar refractivity (Wildman–Crippen MR) is 342 cm³/mol. The third-order valence-corrected chi connectivity index (χ3v) is 21.2. The number of fused-ring (bicyclic) bond motifs is 5. The molecule has 3 saturated carbocycles.